The molecule has 1 nitrogen and oxygen atoms in total. The number of thiophene rings is 1. The second-order valence-corrected chi connectivity index (χ2v) is 16.3. The molecule has 11 aromatic rings. The van der Waals surface area contributed by atoms with Crippen molar-refractivity contribution in [3.05, 3.63) is 237 Å². The van der Waals surface area contributed by atoms with Gasteiger partial charge < -0.3 is 4.90 Å². The minimum Gasteiger partial charge on any atom is -0.309 e. The molecule has 0 radical (unpaired) electrons. The highest BCUT2D eigenvalue weighted by Crippen LogP contribution is 2.46. The summed E-state index contributed by atoms with van der Waals surface area (Å²) in [6.07, 6.45) is 0. The van der Waals surface area contributed by atoms with E-state index in [-0.39, 0.29) is 0 Å². The number of benzene rings is 10. The highest BCUT2D eigenvalue weighted by molar-refractivity contribution is 7.26. The molecule has 0 saturated heterocycles. The fraction of sp³-hybridized carbons (Fsp3) is 0. The van der Waals surface area contributed by atoms with Crippen molar-refractivity contribution in [3.8, 4) is 55.6 Å². The van der Waals surface area contributed by atoms with Crippen LogP contribution in [0.3, 0.4) is 0 Å². The minimum absolute atomic E-state index is 1.11. The van der Waals surface area contributed by atoms with Crippen LogP contribution in [0.2, 0.25) is 0 Å². The molecule has 0 unspecified atom stereocenters. The van der Waals surface area contributed by atoms with Gasteiger partial charge in [-0.1, -0.05) is 200 Å². The van der Waals surface area contributed by atoms with E-state index in [0.29, 0.717) is 0 Å². The molecule has 0 atom stereocenters. The summed E-state index contributed by atoms with van der Waals surface area (Å²) in [5.41, 5.74) is 15.6. The number of hydrogen-bond acceptors (Lipinski definition) is 2. The maximum atomic E-state index is 2.43. The molecule has 0 fully saturated rings. The van der Waals surface area contributed by atoms with E-state index in [1.165, 1.54) is 92.3 Å². The quantitative estimate of drug-likeness (QED) is 0.148. The summed E-state index contributed by atoms with van der Waals surface area (Å²) in [6.45, 7) is 0. The third kappa shape index (κ3) is 6.35. The Morgan fingerprint density at radius 3 is 1.28 bits per heavy atom. The Balaban J connectivity index is 1.04. The molecule has 0 aliphatic heterocycles. The van der Waals surface area contributed by atoms with Crippen molar-refractivity contribution < 1.29 is 0 Å². The Labute approximate surface area is 354 Å². The standard InChI is InChI=1S/C58H39NS/c1-3-16-40(17-4-1)47-22-7-9-24-51(47)52-25-10-8-23-48(52)42-32-36-45(37-33-42)59(55-30-15-29-54-53-26-11-12-31-56(53)60-58(54)55)46-38-34-43(35-39-46)50-28-14-21-44-20-13-27-49(57(44)50)41-18-5-2-6-19-41/h1-39H. The molecule has 11 rings (SSSR count). The molecule has 1 heterocycles. The molecular formula is C58H39NS. The first-order chi connectivity index (χ1) is 29.8. The molecule has 0 aliphatic carbocycles. The van der Waals surface area contributed by atoms with Crippen LogP contribution in [0.4, 0.5) is 17.1 Å². The average molecular weight is 782 g/mol. The van der Waals surface area contributed by atoms with Crippen molar-refractivity contribution in [1.82, 2.24) is 0 Å². The Bertz CT molecular complexity index is 3290. The van der Waals surface area contributed by atoms with Gasteiger partial charge in [-0.15, -0.1) is 11.3 Å². The van der Waals surface area contributed by atoms with Gasteiger partial charge in [-0.2, -0.15) is 0 Å². The number of anilines is 3. The normalized spacial score (nSPS) is 11.3. The summed E-state index contributed by atoms with van der Waals surface area (Å²) in [6, 6.07) is 86.0. The van der Waals surface area contributed by atoms with E-state index in [9.17, 15) is 0 Å². The predicted octanol–water partition coefficient (Wildman–Crippen LogP) is 17.0. The van der Waals surface area contributed by atoms with Gasteiger partial charge in [-0.25, -0.2) is 0 Å². The van der Waals surface area contributed by atoms with Gasteiger partial charge in [-0.05, 0) is 103 Å². The average Bonchev–Trinajstić information content (AvgIpc) is 3.72. The summed E-state index contributed by atoms with van der Waals surface area (Å²) in [5.74, 6) is 0. The van der Waals surface area contributed by atoms with E-state index < -0.39 is 0 Å². The summed E-state index contributed by atoms with van der Waals surface area (Å²) < 4.78 is 2.57. The lowest BCUT2D eigenvalue weighted by Gasteiger charge is -2.27. The molecule has 10 aromatic carbocycles. The van der Waals surface area contributed by atoms with E-state index >= 15 is 0 Å². The first-order valence-electron chi connectivity index (χ1n) is 20.5. The van der Waals surface area contributed by atoms with Crippen LogP contribution in [-0.4, -0.2) is 0 Å². The smallest absolute Gasteiger partial charge is 0.0640 e. The van der Waals surface area contributed by atoms with E-state index in [2.05, 4.69) is 241 Å². The maximum absolute atomic E-state index is 2.43. The van der Waals surface area contributed by atoms with E-state index in [1.807, 2.05) is 11.3 Å². The lowest BCUT2D eigenvalue weighted by Crippen LogP contribution is -2.10. The topological polar surface area (TPSA) is 3.24 Å². The van der Waals surface area contributed by atoms with Crippen LogP contribution in [0.1, 0.15) is 0 Å². The fourth-order valence-corrected chi connectivity index (χ4v) is 10.1. The van der Waals surface area contributed by atoms with E-state index in [0.717, 1.165) is 11.4 Å². The zero-order valence-electron chi connectivity index (χ0n) is 32.9. The van der Waals surface area contributed by atoms with Gasteiger partial charge in [0.1, 0.15) is 0 Å². The summed E-state index contributed by atoms with van der Waals surface area (Å²) in [4.78, 5) is 2.43. The number of hydrogen-bond donors (Lipinski definition) is 0. The van der Waals surface area contributed by atoms with Crippen molar-refractivity contribution in [2.24, 2.45) is 0 Å². The highest BCUT2D eigenvalue weighted by atomic mass is 32.1. The van der Waals surface area contributed by atoms with Crippen molar-refractivity contribution in [1.29, 1.82) is 0 Å². The van der Waals surface area contributed by atoms with Crippen molar-refractivity contribution in [3.63, 3.8) is 0 Å². The fourth-order valence-electron chi connectivity index (χ4n) is 8.91. The van der Waals surface area contributed by atoms with Crippen LogP contribution in [0.5, 0.6) is 0 Å². The lowest BCUT2D eigenvalue weighted by atomic mass is 9.89. The second-order valence-electron chi connectivity index (χ2n) is 15.2. The van der Waals surface area contributed by atoms with Crippen LogP contribution in [-0.2, 0) is 0 Å². The van der Waals surface area contributed by atoms with E-state index in [4.69, 9.17) is 0 Å². The lowest BCUT2D eigenvalue weighted by molar-refractivity contribution is 1.30. The van der Waals surface area contributed by atoms with E-state index in [1.54, 1.807) is 0 Å². The number of rotatable bonds is 8. The first-order valence-corrected chi connectivity index (χ1v) is 21.3. The van der Waals surface area contributed by atoms with Gasteiger partial charge in [0.25, 0.3) is 0 Å². The Morgan fingerprint density at radius 2 is 0.700 bits per heavy atom. The van der Waals surface area contributed by atoms with Gasteiger partial charge in [0, 0.05) is 26.8 Å². The van der Waals surface area contributed by atoms with Crippen LogP contribution >= 0.6 is 11.3 Å². The third-order valence-corrected chi connectivity index (χ3v) is 12.9. The summed E-state index contributed by atoms with van der Waals surface area (Å²) in [7, 11) is 0. The Hall–Kier alpha value is -7.52. The Morgan fingerprint density at radius 1 is 0.283 bits per heavy atom. The minimum atomic E-state index is 1.11. The van der Waals surface area contributed by atoms with Crippen molar-refractivity contribution in [2.75, 3.05) is 4.90 Å². The molecule has 0 aliphatic rings. The number of fused-ring (bicyclic) bond motifs is 4. The zero-order valence-corrected chi connectivity index (χ0v) is 33.7. The zero-order chi connectivity index (χ0) is 39.8. The molecule has 0 saturated carbocycles. The van der Waals surface area contributed by atoms with Crippen LogP contribution in [0.25, 0.3) is 86.6 Å². The molecule has 0 bridgehead atoms. The van der Waals surface area contributed by atoms with Gasteiger partial charge >= 0.3 is 0 Å². The SMILES string of the molecule is c1ccc(-c2ccccc2-c2ccccc2-c2ccc(N(c3ccc(-c4cccc5cccc(-c6ccccc6)c45)cc3)c3cccc4c3sc3ccccc34)cc2)cc1. The molecule has 60 heavy (non-hydrogen) atoms. The Kier molecular flexibility index (Phi) is 9.11. The monoisotopic (exact) mass is 781 g/mol. The van der Waals surface area contributed by atoms with Gasteiger partial charge in [-0.3, -0.25) is 0 Å². The molecule has 1 aromatic heterocycles. The molecular weight excluding hydrogens is 743 g/mol. The molecule has 0 amide bonds. The molecule has 282 valence electrons. The van der Waals surface area contributed by atoms with Gasteiger partial charge in [0.15, 0.2) is 0 Å². The maximum Gasteiger partial charge on any atom is 0.0640 e. The summed E-state index contributed by atoms with van der Waals surface area (Å²) >= 11 is 1.86. The first kappa shape index (κ1) is 35.6. The van der Waals surface area contributed by atoms with Crippen molar-refractivity contribution in [2.45, 2.75) is 0 Å². The van der Waals surface area contributed by atoms with Gasteiger partial charge in [0.05, 0.1) is 10.4 Å². The highest BCUT2D eigenvalue weighted by Gasteiger charge is 2.20. The van der Waals surface area contributed by atoms with Crippen LogP contribution < -0.4 is 4.90 Å². The predicted molar refractivity (Wildman–Crippen MR) is 259 cm³/mol. The van der Waals surface area contributed by atoms with Crippen molar-refractivity contribution >= 4 is 59.3 Å². The largest absolute Gasteiger partial charge is 0.309 e. The molecule has 0 spiro atoms. The van der Waals surface area contributed by atoms with Crippen LogP contribution in [0.15, 0.2) is 237 Å². The van der Waals surface area contributed by atoms with Gasteiger partial charge in [0.2, 0.25) is 0 Å². The third-order valence-electron chi connectivity index (χ3n) is 11.7. The summed E-state index contributed by atoms with van der Waals surface area (Å²) in [5, 5.41) is 5.08. The van der Waals surface area contributed by atoms with Crippen LogP contribution in [0, 0.1) is 0 Å². The number of nitrogens with zero attached hydrogens (tertiary/aromatic N) is 1. The molecule has 0 N–H and O–H groups in total. The second kappa shape index (κ2) is 15.3. The molecule has 2 heteroatoms.